The lowest BCUT2D eigenvalue weighted by molar-refractivity contribution is -0.140. The molecule has 0 saturated carbocycles. The second-order valence-corrected chi connectivity index (χ2v) is 9.35. The number of aliphatic imine (C=N–C) groups is 1. The van der Waals surface area contributed by atoms with E-state index in [9.17, 15) is 9.90 Å². The minimum absolute atomic E-state index is 0.293. The monoisotopic (exact) mass is 557 g/mol. The number of benzene rings is 4. The van der Waals surface area contributed by atoms with Crippen molar-refractivity contribution in [2.45, 2.75) is 25.4 Å². The molecule has 1 heterocycles. The van der Waals surface area contributed by atoms with Crippen molar-refractivity contribution in [1.82, 2.24) is 0 Å². The normalized spacial score (nSPS) is 16.5. The lowest BCUT2D eigenvalue weighted by atomic mass is 10.0. The maximum absolute atomic E-state index is 12.1. The molecule has 6 nitrogen and oxygen atoms in total. The molecule has 4 aromatic rings. The molecule has 5 rings (SSSR count). The molecular formula is C30H24BrNO5. The van der Waals surface area contributed by atoms with Crippen molar-refractivity contribution < 1.29 is 24.1 Å². The highest BCUT2D eigenvalue weighted by Crippen LogP contribution is 2.42. The summed E-state index contributed by atoms with van der Waals surface area (Å²) in [7, 11) is 0. The molecular weight excluding hydrogens is 534 g/mol. The average molecular weight is 558 g/mol. The Hall–Kier alpha value is -4.10. The lowest BCUT2D eigenvalue weighted by Crippen LogP contribution is -2.24. The van der Waals surface area contributed by atoms with Crippen LogP contribution in [0.5, 0.6) is 11.5 Å². The predicted octanol–water partition coefficient (Wildman–Crippen LogP) is 6.58. The summed E-state index contributed by atoms with van der Waals surface area (Å²) in [6, 6.07) is 31.4. The highest BCUT2D eigenvalue weighted by Gasteiger charge is 2.39. The second kappa shape index (κ2) is 11.3. The van der Waals surface area contributed by atoms with Gasteiger partial charge in [-0.25, -0.2) is 9.79 Å². The third-order valence-corrected chi connectivity index (χ3v) is 6.59. The third kappa shape index (κ3) is 5.84. The molecule has 1 aliphatic heterocycles. The summed E-state index contributed by atoms with van der Waals surface area (Å²) in [5.41, 5.74) is 3.34. The number of hydrogen-bond acceptors (Lipinski definition) is 5. The maximum Gasteiger partial charge on any atom is 0.332 e. The van der Waals surface area contributed by atoms with Crippen LogP contribution in [0.3, 0.4) is 0 Å². The molecule has 7 heteroatoms. The molecule has 37 heavy (non-hydrogen) atoms. The number of carboxylic acid groups (broad SMARTS) is 1. The van der Waals surface area contributed by atoms with E-state index < -0.39 is 18.1 Å². The Bertz CT molecular complexity index is 1390. The van der Waals surface area contributed by atoms with Crippen molar-refractivity contribution in [2.75, 3.05) is 0 Å². The lowest BCUT2D eigenvalue weighted by Gasteiger charge is -2.20. The van der Waals surface area contributed by atoms with Crippen molar-refractivity contribution in [3.63, 3.8) is 0 Å². The Morgan fingerprint density at radius 2 is 1.32 bits per heavy atom. The predicted molar refractivity (Wildman–Crippen MR) is 144 cm³/mol. The fourth-order valence-electron chi connectivity index (χ4n) is 4.02. The molecule has 0 spiro atoms. The highest BCUT2D eigenvalue weighted by molar-refractivity contribution is 9.10. The quantitative estimate of drug-likeness (QED) is 0.251. The van der Waals surface area contributed by atoms with Crippen molar-refractivity contribution in [3.05, 3.63) is 130 Å². The van der Waals surface area contributed by atoms with Gasteiger partial charge in [0.1, 0.15) is 13.2 Å². The highest BCUT2D eigenvalue weighted by atomic mass is 79.9. The van der Waals surface area contributed by atoms with Crippen LogP contribution in [0.4, 0.5) is 0 Å². The Morgan fingerprint density at radius 1 is 0.811 bits per heavy atom. The third-order valence-electron chi connectivity index (χ3n) is 5.90. The van der Waals surface area contributed by atoms with Gasteiger partial charge in [-0.1, -0.05) is 94.8 Å². The summed E-state index contributed by atoms with van der Waals surface area (Å²) in [5, 5.41) is 9.93. The molecule has 0 aliphatic carbocycles. The number of rotatable bonds is 9. The van der Waals surface area contributed by atoms with Gasteiger partial charge in [-0.15, -0.1) is 0 Å². The van der Waals surface area contributed by atoms with E-state index in [4.69, 9.17) is 14.2 Å². The molecule has 0 aromatic heterocycles. The molecule has 2 unspecified atom stereocenters. The van der Waals surface area contributed by atoms with Crippen molar-refractivity contribution in [1.29, 1.82) is 0 Å². The van der Waals surface area contributed by atoms with Crippen molar-refractivity contribution >= 4 is 27.8 Å². The fourth-order valence-corrected chi connectivity index (χ4v) is 4.56. The summed E-state index contributed by atoms with van der Waals surface area (Å²) in [6.07, 6.45) is -0.843. The second-order valence-electron chi connectivity index (χ2n) is 8.49. The van der Waals surface area contributed by atoms with E-state index in [-0.39, 0.29) is 0 Å². The molecule has 0 bridgehead atoms. The smallest absolute Gasteiger partial charge is 0.332 e. The number of carboxylic acids is 1. The van der Waals surface area contributed by atoms with Crippen LogP contribution in [0.2, 0.25) is 0 Å². The van der Waals surface area contributed by atoms with Crippen LogP contribution >= 0.6 is 15.9 Å². The first kappa shape index (κ1) is 24.6. The Labute approximate surface area is 223 Å². The maximum atomic E-state index is 12.1. The van der Waals surface area contributed by atoms with Gasteiger partial charge >= 0.3 is 5.97 Å². The van der Waals surface area contributed by atoms with Crippen molar-refractivity contribution in [2.24, 2.45) is 4.99 Å². The van der Waals surface area contributed by atoms with Gasteiger partial charge < -0.3 is 19.3 Å². The zero-order valence-corrected chi connectivity index (χ0v) is 21.4. The van der Waals surface area contributed by atoms with E-state index in [1.807, 2.05) is 91.0 Å². The topological polar surface area (TPSA) is 77.4 Å². The van der Waals surface area contributed by atoms with E-state index in [1.54, 1.807) is 12.1 Å². The summed E-state index contributed by atoms with van der Waals surface area (Å²) < 4.78 is 19.1. The Kier molecular flexibility index (Phi) is 7.51. The Morgan fingerprint density at radius 3 is 1.86 bits per heavy atom. The minimum Gasteiger partial charge on any atom is -0.485 e. The zero-order chi connectivity index (χ0) is 25.6. The van der Waals surface area contributed by atoms with E-state index in [0.29, 0.717) is 40.6 Å². The zero-order valence-electron chi connectivity index (χ0n) is 19.8. The van der Waals surface area contributed by atoms with Crippen LogP contribution in [0, 0.1) is 0 Å². The number of ether oxygens (including phenoxy) is 3. The number of hydrogen-bond donors (Lipinski definition) is 1. The van der Waals surface area contributed by atoms with Gasteiger partial charge in [0.2, 0.25) is 5.90 Å². The van der Waals surface area contributed by atoms with Gasteiger partial charge in [-0.2, -0.15) is 0 Å². The molecule has 1 aliphatic rings. The average Bonchev–Trinajstić information content (AvgIpc) is 3.39. The van der Waals surface area contributed by atoms with Gasteiger partial charge in [0.05, 0.1) is 0 Å². The molecule has 2 atom stereocenters. The van der Waals surface area contributed by atoms with E-state index >= 15 is 0 Å². The van der Waals surface area contributed by atoms with Gasteiger partial charge in [0.15, 0.2) is 23.6 Å². The molecule has 0 amide bonds. The molecule has 0 fully saturated rings. The van der Waals surface area contributed by atoms with Gasteiger partial charge in [0, 0.05) is 15.6 Å². The van der Waals surface area contributed by atoms with Crippen LogP contribution in [-0.4, -0.2) is 23.0 Å². The summed E-state index contributed by atoms with van der Waals surface area (Å²) >= 11 is 3.61. The van der Waals surface area contributed by atoms with Gasteiger partial charge in [0.25, 0.3) is 0 Å². The fraction of sp³-hybridized carbons (Fsp3) is 0.133. The van der Waals surface area contributed by atoms with Crippen LogP contribution in [0.1, 0.15) is 28.4 Å². The van der Waals surface area contributed by atoms with E-state index in [1.165, 1.54) is 0 Å². The molecule has 1 N–H and O–H groups in total. The van der Waals surface area contributed by atoms with Crippen molar-refractivity contribution in [3.8, 4) is 11.5 Å². The van der Waals surface area contributed by atoms with Gasteiger partial charge in [-0.05, 0) is 35.4 Å². The number of carbonyl (C=O) groups is 1. The first-order chi connectivity index (χ1) is 18.1. The SMILES string of the molecule is O=C(O)C1N=C(c2ccccc2)OC1c1cc(OCc2ccccc2)c(OCc2ccccc2)cc1Br. The molecule has 0 saturated heterocycles. The van der Waals surface area contributed by atoms with Gasteiger partial charge in [-0.3, -0.25) is 0 Å². The number of aliphatic carboxylic acids is 1. The van der Waals surface area contributed by atoms with E-state index in [2.05, 4.69) is 20.9 Å². The molecule has 0 radical (unpaired) electrons. The first-order valence-electron chi connectivity index (χ1n) is 11.8. The summed E-state index contributed by atoms with van der Waals surface area (Å²) in [6.45, 7) is 0.677. The Balaban J connectivity index is 1.46. The number of nitrogens with zero attached hydrogens (tertiary/aromatic N) is 1. The molecule has 186 valence electrons. The largest absolute Gasteiger partial charge is 0.485 e. The number of halogens is 1. The summed E-state index contributed by atoms with van der Waals surface area (Å²) in [4.78, 5) is 16.5. The minimum atomic E-state index is -1.11. The van der Waals surface area contributed by atoms with Crippen LogP contribution < -0.4 is 9.47 Å². The molecule has 4 aromatic carbocycles. The standard InChI is InChI=1S/C30H24BrNO5/c31-24-17-26(36-19-21-12-6-2-7-13-21)25(35-18-20-10-4-1-5-11-20)16-23(24)28-27(30(33)34)32-29(37-28)22-14-8-3-9-15-22/h1-17,27-28H,18-19H2,(H,33,34). The van der Waals surface area contributed by atoms with Crippen LogP contribution in [0.15, 0.2) is 113 Å². The van der Waals surface area contributed by atoms with E-state index in [0.717, 1.165) is 16.7 Å². The first-order valence-corrected chi connectivity index (χ1v) is 12.6. The van der Waals surface area contributed by atoms with Crippen LogP contribution in [-0.2, 0) is 22.7 Å². The summed E-state index contributed by atoms with van der Waals surface area (Å²) in [5.74, 6) is 0.239. The van der Waals surface area contributed by atoms with Crippen LogP contribution in [0.25, 0.3) is 0 Å².